The van der Waals surface area contributed by atoms with Crippen LogP contribution in [0.25, 0.3) is 10.8 Å². The number of hydrogen-bond donors (Lipinski definition) is 1. The smallest absolute Gasteiger partial charge is 0.303 e. The Morgan fingerprint density at radius 1 is 1.19 bits per heavy atom. The van der Waals surface area contributed by atoms with Crippen LogP contribution >= 0.6 is 0 Å². The first-order valence-electron chi connectivity index (χ1n) is 10.9. The molecule has 0 radical (unpaired) electrons. The van der Waals surface area contributed by atoms with E-state index in [0.29, 0.717) is 6.42 Å². The highest BCUT2D eigenvalue weighted by Gasteiger charge is 2.73. The molecule has 4 atom stereocenters. The maximum absolute atomic E-state index is 13.6. The highest BCUT2D eigenvalue weighted by Crippen LogP contribution is 2.66. The van der Waals surface area contributed by atoms with Crippen molar-refractivity contribution in [3.8, 4) is 5.75 Å². The maximum atomic E-state index is 13.6. The molecule has 1 saturated heterocycles. The zero-order chi connectivity index (χ0) is 22.2. The van der Waals surface area contributed by atoms with Gasteiger partial charge >= 0.3 is 5.97 Å². The molecule has 2 fully saturated rings. The monoisotopic (exact) mass is 424 g/mol. The number of ether oxygens (including phenoxy) is 3. The molecule has 0 bridgehead atoms. The SMILES string of the molecule is CC(=O)OCC(=O)[C@@]12OC(C)(C)O[C@@H]1C[C@H]1c3ccc4cc(O)ccc4c3CC[C@@]12C. The van der Waals surface area contributed by atoms with Crippen LogP contribution in [0, 0.1) is 5.41 Å². The van der Waals surface area contributed by atoms with Crippen LogP contribution in [-0.2, 0) is 30.2 Å². The Morgan fingerprint density at radius 3 is 2.71 bits per heavy atom. The second-order valence-corrected chi connectivity index (χ2v) is 9.79. The van der Waals surface area contributed by atoms with Crippen LogP contribution in [0.2, 0.25) is 0 Å². The Morgan fingerprint density at radius 2 is 1.97 bits per heavy atom. The van der Waals surface area contributed by atoms with Gasteiger partial charge in [0.25, 0.3) is 0 Å². The number of hydrogen-bond acceptors (Lipinski definition) is 6. The summed E-state index contributed by atoms with van der Waals surface area (Å²) in [7, 11) is 0. The number of esters is 1. The number of Topliss-reactive ketones (excluding diaryl/α,β-unsaturated/α-hetero) is 1. The van der Waals surface area contributed by atoms with Crippen molar-refractivity contribution in [1.29, 1.82) is 0 Å². The zero-order valence-electron chi connectivity index (χ0n) is 18.4. The minimum atomic E-state index is -1.15. The summed E-state index contributed by atoms with van der Waals surface area (Å²) in [5.74, 6) is -1.26. The molecule has 1 heterocycles. The normalized spacial score (nSPS) is 32.9. The van der Waals surface area contributed by atoms with E-state index in [1.807, 2.05) is 26.0 Å². The number of phenolic OH excluding ortho intramolecular Hbond substituents is 1. The average molecular weight is 424 g/mol. The Kier molecular flexibility index (Phi) is 4.31. The molecule has 0 spiro atoms. The minimum absolute atomic E-state index is 0.0804. The van der Waals surface area contributed by atoms with Crippen LogP contribution in [0.4, 0.5) is 0 Å². The molecule has 1 saturated carbocycles. The summed E-state index contributed by atoms with van der Waals surface area (Å²) in [6.07, 6.45) is 1.82. The molecule has 2 aromatic rings. The molecule has 31 heavy (non-hydrogen) atoms. The number of aryl methyl sites for hydroxylation is 1. The van der Waals surface area contributed by atoms with Crippen molar-refractivity contribution in [2.24, 2.45) is 5.41 Å². The number of carbonyl (C=O) groups excluding carboxylic acids is 2. The van der Waals surface area contributed by atoms with E-state index in [4.69, 9.17) is 14.2 Å². The largest absolute Gasteiger partial charge is 0.508 e. The summed E-state index contributed by atoms with van der Waals surface area (Å²) in [5.41, 5.74) is 0.839. The summed E-state index contributed by atoms with van der Waals surface area (Å²) >= 11 is 0. The summed E-state index contributed by atoms with van der Waals surface area (Å²) in [4.78, 5) is 24.9. The Hall–Kier alpha value is -2.44. The molecule has 164 valence electrons. The van der Waals surface area contributed by atoms with E-state index in [1.165, 1.54) is 18.1 Å². The quantitative estimate of drug-likeness (QED) is 0.750. The van der Waals surface area contributed by atoms with Gasteiger partial charge in [0, 0.05) is 12.3 Å². The van der Waals surface area contributed by atoms with Crippen molar-refractivity contribution >= 4 is 22.5 Å². The van der Waals surface area contributed by atoms with Gasteiger partial charge in [0.15, 0.2) is 18.0 Å². The van der Waals surface area contributed by atoms with Gasteiger partial charge in [-0.25, -0.2) is 0 Å². The molecule has 0 amide bonds. The number of aromatic hydroxyl groups is 1. The van der Waals surface area contributed by atoms with Crippen molar-refractivity contribution in [1.82, 2.24) is 0 Å². The second-order valence-electron chi connectivity index (χ2n) is 9.79. The Balaban J connectivity index is 1.62. The van der Waals surface area contributed by atoms with E-state index in [1.54, 1.807) is 12.1 Å². The van der Waals surface area contributed by atoms with Gasteiger partial charge in [-0.1, -0.05) is 25.1 Å². The van der Waals surface area contributed by atoms with Gasteiger partial charge in [0.2, 0.25) is 5.78 Å². The fourth-order valence-electron chi connectivity index (χ4n) is 6.38. The highest BCUT2D eigenvalue weighted by atomic mass is 16.8. The molecule has 0 aromatic heterocycles. The Bertz CT molecular complexity index is 1100. The first kappa shape index (κ1) is 20.5. The summed E-state index contributed by atoms with van der Waals surface area (Å²) in [6, 6.07) is 9.63. The van der Waals surface area contributed by atoms with Gasteiger partial charge in [-0.3, -0.25) is 9.59 Å². The van der Waals surface area contributed by atoms with Gasteiger partial charge < -0.3 is 19.3 Å². The van der Waals surface area contributed by atoms with Crippen LogP contribution in [0.15, 0.2) is 30.3 Å². The highest BCUT2D eigenvalue weighted by molar-refractivity contribution is 5.93. The van der Waals surface area contributed by atoms with Gasteiger partial charge in [0.1, 0.15) is 5.75 Å². The number of fused-ring (bicyclic) bond motifs is 7. The van der Waals surface area contributed by atoms with Gasteiger partial charge in [-0.05, 0) is 73.1 Å². The maximum Gasteiger partial charge on any atom is 0.303 e. The van der Waals surface area contributed by atoms with Gasteiger partial charge in [0.05, 0.1) is 6.10 Å². The molecule has 6 heteroatoms. The molecule has 2 aromatic carbocycles. The second kappa shape index (κ2) is 6.53. The fourth-order valence-corrected chi connectivity index (χ4v) is 6.38. The molecule has 6 nitrogen and oxygen atoms in total. The minimum Gasteiger partial charge on any atom is -0.508 e. The van der Waals surface area contributed by atoms with E-state index in [-0.39, 0.29) is 24.1 Å². The van der Waals surface area contributed by atoms with Crippen LogP contribution in [0.1, 0.15) is 57.6 Å². The average Bonchev–Trinajstić information content (AvgIpc) is 3.11. The molecular weight excluding hydrogens is 396 g/mol. The van der Waals surface area contributed by atoms with Crippen molar-refractivity contribution in [3.63, 3.8) is 0 Å². The molecular formula is C25H28O6. The molecule has 0 unspecified atom stereocenters. The first-order valence-corrected chi connectivity index (χ1v) is 10.9. The van der Waals surface area contributed by atoms with E-state index in [2.05, 4.69) is 13.0 Å². The van der Waals surface area contributed by atoms with E-state index in [9.17, 15) is 14.7 Å². The standard InChI is InChI=1S/C25H28O6/c1-14(26)29-13-21(28)25-22(30-23(2,3)31-25)12-20-19-7-5-15-11-16(27)6-8-17(15)18(19)9-10-24(20,25)4/h5-8,11,20,22,27H,9-10,12-13H2,1-4H3/t20-,22+,24-,25+/m0/s1. The molecule has 3 aliphatic rings. The van der Waals surface area contributed by atoms with E-state index < -0.39 is 28.9 Å². The van der Waals surface area contributed by atoms with Crippen molar-refractivity contribution in [2.45, 2.75) is 70.4 Å². The predicted octanol–water partition coefficient (Wildman–Crippen LogP) is 4.01. The summed E-state index contributed by atoms with van der Waals surface area (Å²) < 4.78 is 17.8. The molecule has 1 N–H and O–H groups in total. The molecule has 1 aliphatic heterocycles. The topological polar surface area (TPSA) is 82.1 Å². The van der Waals surface area contributed by atoms with E-state index >= 15 is 0 Å². The third-order valence-electron chi connectivity index (χ3n) is 7.60. The van der Waals surface area contributed by atoms with Crippen molar-refractivity contribution < 1.29 is 28.9 Å². The number of ketones is 1. The van der Waals surface area contributed by atoms with Crippen LogP contribution in [-0.4, -0.2) is 41.0 Å². The van der Waals surface area contributed by atoms with Crippen molar-refractivity contribution in [3.05, 3.63) is 41.5 Å². The number of benzene rings is 2. The van der Waals surface area contributed by atoms with Gasteiger partial charge in [-0.15, -0.1) is 0 Å². The van der Waals surface area contributed by atoms with Crippen LogP contribution in [0.5, 0.6) is 5.75 Å². The summed E-state index contributed by atoms with van der Waals surface area (Å²) in [6.45, 7) is 6.79. The molecule has 2 aliphatic carbocycles. The van der Waals surface area contributed by atoms with Crippen LogP contribution in [0.3, 0.4) is 0 Å². The first-order chi connectivity index (χ1) is 14.6. The van der Waals surface area contributed by atoms with Gasteiger partial charge in [-0.2, -0.15) is 0 Å². The number of phenols is 1. The number of rotatable bonds is 3. The lowest BCUT2D eigenvalue weighted by atomic mass is 9.60. The molecule has 5 rings (SSSR count). The van der Waals surface area contributed by atoms with Crippen LogP contribution < -0.4 is 0 Å². The van der Waals surface area contributed by atoms with E-state index in [0.717, 1.165) is 23.6 Å². The third-order valence-corrected chi connectivity index (χ3v) is 7.60. The zero-order valence-corrected chi connectivity index (χ0v) is 18.4. The Labute approximate surface area is 181 Å². The fraction of sp³-hybridized carbons (Fsp3) is 0.520. The van der Waals surface area contributed by atoms with Crippen molar-refractivity contribution in [2.75, 3.05) is 6.61 Å². The lowest BCUT2D eigenvalue weighted by molar-refractivity contribution is -0.201. The third kappa shape index (κ3) is 2.77. The lowest BCUT2D eigenvalue weighted by Crippen LogP contribution is -2.58. The summed E-state index contributed by atoms with van der Waals surface area (Å²) in [5, 5.41) is 12.0. The lowest BCUT2D eigenvalue weighted by Gasteiger charge is -2.47. The predicted molar refractivity (Wildman–Crippen MR) is 114 cm³/mol. The number of carbonyl (C=O) groups is 2.